The second-order valence-electron chi connectivity index (χ2n) is 7.87. The topological polar surface area (TPSA) is 52.7 Å². The molecule has 2 aliphatic rings. The van der Waals surface area contributed by atoms with E-state index in [1.54, 1.807) is 0 Å². The molecule has 0 spiro atoms. The Morgan fingerprint density at radius 1 is 1.08 bits per heavy atom. The molecule has 1 heterocycles. The van der Waals surface area contributed by atoms with E-state index in [0.717, 1.165) is 45.4 Å². The zero-order valence-corrected chi connectivity index (χ0v) is 16.0. The third-order valence-electron chi connectivity index (χ3n) is 5.36. The van der Waals surface area contributed by atoms with Gasteiger partial charge in [0, 0.05) is 38.6 Å². The summed E-state index contributed by atoms with van der Waals surface area (Å²) >= 11 is 0. The lowest BCUT2D eigenvalue weighted by Gasteiger charge is -2.34. The molecule has 0 atom stereocenters. The Labute approximate surface area is 156 Å². The van der Waals surface area contributed by atoms with Crippen LogP contribution in [0.5, 0.6) is 0 Å². The molecule has 1 aliphatic heterocycles. The second kappa shape index (κ2) is 8.67. The average molecular weight is 357 g/mol. The van der Waals surface area contributed by atoms with Crippen molar-refractivity contribution >= 4 is 11.8 Å². The van der Waals surface area contributed by atoms with Crippen molar-refractivity contribution in [1.29, 1.82) is 0 Å². The van der Waals surface area contributed by atoms with Crippen LogP contribution < -0.4 is 5.32 Å². The van der Waals surface area contributed by atoms with Crippen LogP contribution in [0.25, 0.3) is 0 Å². The molecule has 2 fully saturated rings. The Bertz CT molecular complexity index is 615. The number of hydrogen-bond donors (Lipinski definition) is 1. The van der Waals surface area contributed by atoms with E-state index in [1.807, 2.05) is 4.90 Å². The summed E-state index contributed by atoms with van der Waals surface area (Å²) in [5, 5.41) is 3.02. The van der Waals surface area contributed by atoms with Gasteiger partial charge < -0.3 is 10.2 Å². The molecule has 0 radical (unpaired) electrons. The lowest BCUT2D eigenvalue weighted by molar-refractivity contribution is -0.134. The fourth-order valence-electron chi connectivity index (χ4n) is 3.39. The number of benzene rings is 1. The van der Waals surface area contributed by atoms with Crippen LogP contribution in [-0.4, -0.2) is 60.9 Å². The Hall–Kier alpha value is -1.88. The van der Waals surface area contributed by atoms with Gasteiger partial charge in [-0.3, -0.25) is 14.5 Å². The molecule has 1 N–H and O–H groups in total. The highest BCUT2D eigenvalue weighted by Crippen LogP contribution is 2.31. The molecule has 0 aromatic heterocycles. The molecule has 3 rings (SSSR count). The maximum absolute atomic E-state index is 12.1. The van der Waals surface area contributed by atoms with Gasteiger partial charge in [0.2, 0.25) is 11.8 Å². The Morgan fingerprint density at radius 3 is 2.31 bits per heavy atom. The number of piperazine rings is 1. The van der Waals surface area contributed by atoms with Crippen molar-refractivity contribution in [2.24, 2.45) is 5.92 Å². The summed E-state index contributed by atoms with van der Waals surface area (Å²) in [4.78, 5) is 28.3. The zero-order valence-electron chi connectivity index (χ0n) is 16.0. The van der Waals surface area contributed by atoms with Gasteiger partial charge in [0.15, 0.2) is 0 Å². The largest absolute Gasteiger partial charge is 0.355 e. The maximum Gasteiger partial charge on any atom is 0.234 e. The molecular weight excluding hydrogens is 326 g/mol. The number of carbonyl (C=O) groups excluding carboxylic acids is 2. The lowest BCUT2D eigenvalue weighted by Crippen LogP contribution is -2.51. The molecule has 26 heavy (non-hydrogen) atoms. The van der Waals surface area contributed by atoms with Crippen molar-refractivity contribution in [3.63, 3.8) is 0 Å². The summed E-state index contributed by atoms with van der Waals surface area (Å²) in [5.74, 6) is 1.23. The summed E-state index contributed by atoms with van der Waals surface area (Å²) in [5.41, 5.74) is 2.60. The van der Waals surface area contributed by atoms with Crippen LogP contribution in [0.4, 0.5) is 0 Å². The van der Waals surface area contributed by atoms with E-state index in [1.165, 1.54) is 11.1 Å². The minimum atomic E-state index is 0.0748. The molecule has 0 bridgehead atoms. The molecule has 5 nitrogen and oxygen atoms in total. The van der Waals surface area contributed by atoms with Crippen LogP contribution in [0.2, 0.25) is 0 Å². The van der Waals surface area contributed by atoms with E-state index in [9.17, 15) is 9.59 Å². The summed E-state index contributed by atoms with van der Waals surface area (Å²) in [7, 11) is 0. The summed E-state index contributed by atoms with van der Waals surface area (Å²) in [6.45, 7) is 8.58. The first-order valence-electron chi connectivity index (χ1n) is 9.89. The standard InChI is InChI=1S/C21H31N3O2/c1-16(2)18-5-3-17(4-6-18)9-10-22-20(25)15-23-11-13-24(14-12-23)21(26)19-7-8-19/h3-6,16,19H,7-15H2,1-2H3,(H,22,25). The lowest BCUT2D eigenvalue weighted by atomic mass is 10.0. The average Bonchev–Trinajstić information content (AvgIpc) is 3.47. The van der Waals surface area contributed by atoms with Crippen molar-refractivity contribution in [1.82, 2.24) is 15.1 Å². The molecule has 1 aromatic rings. The molecule has 1 saturated heterocycles. The predicted octanol–water partition coefficient (Wildman–Crippen LogP) is 2.02. The number of amides is 2. The second-order valence-corrected chi connectivity index (χ2v) is 7.87. The molecular formula is C21H31N3O2. The minimum absolute atomic E-state index is 0.0748. The van der Waals surface area contributed by atoms with Gasteiger partial charge in [-0.05, 0) is 36.3 Å². The molecule has 5 heteroatoms. The first-order valence-corrected chi connectivity index (χ1v) is 9.89. The quantitative estimate of drug-likeness (QED) is 0.812. The fourth-order valence-corrected chi connectivity index (χ4v) is 3.39. The Balaban J connectivity index is 1.32. The molecule has 1 aromatic carbocycles. The third kappa shape index (κ3) is 5.31. The van der Waals surface area contributed by atoms with Gasteiger partial charge in [0.05, 0.1) is 6.54 Å². The molecule has 142 valence electrons. The number of carbonyl (C=O) groups is 2. The van der Waals surface area contributed by atoms with E-state index >= 15 is 0 Å². The van der Waals surface area contributed by atoms with Gasteiger partial charge in [0.25, 0.3) is 0 Å². The summed E-state index contributed by atoms with van der Waals surface area (Å²) in [6, 6.07) is 8.64. The van der Waals surface area contributed by atoms with Crippen LogP contribution in [0, 0.1) is 5.92 Å². The first kappa shape index (κ1) is 18.9. The van der Waals surface area contributed by atoms with Crippen LogP contribution in [0.15, 0.2) is 24.3 Å². The summed E-state index contributed by atoms with van der Waals surface area (Å²) < 4.78 is 0. The van der Waals surface area contributed by atoms with Crippen LogP contribution in [0.1, 0.15) is 43.7 Å². The van der Waals surface area contributed by atoms with Crippen LogP contribution in [-0.2, 0) is 16.0 Å². The SMILES string of the molecule is CC(C)c1ccc(CCNC(=O)CN2CCN(C(=O)C3CC3)CC2)cc1. The van der Waals surface area contributed by atoms with E-state index in [4.69, 9.17) is 0 Å². The number of rotatable bonds is 7. The highest BCUT2D eigenvalue weighted by molar-refractivity contribution is 5.81. The Kier molecular flexibility index (Phi) is 6.30. The third-order valence-corrected chi connectivity index (χ3v) is 5.36. The highest BCUT2D eigenvalue weighted by atomic mass is 16.2. The van der Waals surface area contributed by atoms with E-state index < -0.39 is 0 Å². The number of hydrogen-bond acceptors (Lipinski definition) is 3. The van der Waals surface area contributed by atoms with E-state index in [-0.39, 0.29) is 5.91 Å². The van der Waals surface area contributed by atoms with Crippen molar-refractivity contribution in [2.75, 3.05) is 39.3 Å². The first-order chi connectivity index (χ1) is 12.5. The van der Waals surface area contributed by atoms with Crippen molar-refractivity contribution < 1.29 is 9.59 Å². The van der Waals surface area contributed by atoms with Gasteiger partial charge in [-0.15, -0.1) is 0 Å². The minimum Gasteiger partial charge on any atom is -0.355 e. The van der Waals surface area contributed by atoms with Gasteiger partial charge >= 0.3 is 0 Å². The fraction of sp³-hybridized carbons (Fsp3) is 0.619. The van der Waals surface area contributed by atoms with Crippen molar-refractivity contribution in [3.05, 3.63) is 35.4 Å². The van der Waals surface area contributed by atoms with E-state index in [2.05, 4.69) is 48.3 Å². The number of nitrogens with zero attached hydrogens (tertiary/aromatic N) is 2. The van der Waals surface area contributed by atoms with Crippen molar-refractivity contribution in [3.8, 4) is 0 Å². The molecule has 1 saturated carbocycles. The monoisotopic (exact) mass is 357 g/mol. The van der Waals surface area contributed by atoms with Crippen LogP contribution >= 0.6 is 0 Å². The van der Waals surface area contributed by atoms with E-state index in [0.29, 0.717) is 30.8 Å². The zero-order chi connectivity index (χ0) is 18.5. The van der Waals surface area contributed by atoms with Gasteiger partial charge in [0.1, 0.15) is 0 Å². The van der Waals surface area contributed by atoms with Gasteiger partial charge in [-0.25, -0.2) is 0 Å². The molecule has 1 aliphatic carbocycles. The van der Waals surface area contributed by atoms with Gasteiger partial charge in [-0.2, -0.15) is 0 Å². The summed E-state index contributed by atoms with van der Waals surface area (Å²) in [6.07, 6.45) is 2.97. The number of nitrogens with one attached hydrogen (secondary N) is 1. The molecule has 2 amide bonds. The normalized spacial score (nSPS) is 18.2. The smallest absolute Gasteiger partial charge is 0.234 e. The van der Waals surface area contributed by atoms with Crippen molar-refractivity contribution in [2.45, 2.75) is 39.0 Å². The highest BCUT2D eigenvalue weighted by Gasteiger charge is 2.34. The maximum atomic E-state index is 12.1. The predicted molar refractivity (Wildman–Crippen MR) is 103 cm³/mol. The van der Waals surface area contributed by atoms with Crippen LogP contribution in [0.3, 0.4) is 0 Å². The molecule has 0 unspecified atom stereocenters. The van der Waals surface area contributed by atoms with Gasteiger partial charge in [-0.1, -0.05) is 38.1 Å². The Morgan fingerprint density at radius 2 is 1.73 bits per heavy atom.